The van der Waals surface area contributed by atoms with Crippen molar-refractivity contribution in [1.29, 1.82) is 0 Å². The van der Waals surface area contributed by atoms with Crippen molar-refractivity contribution in [2.24, 2.45) is 10.7 Å². The standard InChI is InChI=1S/C19H21Cl2N3O3/c1-11(14-7-5-13(20)9-16(14)21)24-19(22)23-10-12-4-6-15(18(25)27-3)17(8-12)26-2/h4-9,11H,10H2,1-3H3,(H3,22,23,24). The summed E-state index contributed by atoms with van der Waals surface area (Å²) >= 11 is 12.1. The number of nitrogens with zero attached hydrogens (tertiary/aromatic N) is 1. The van der Waals surface area contributed by atoms with Crippen molar-refractivity contribution in [3.05, 3.63) is 63.1 Å². The fraction of sp³-hybridized carbons (Fsp3) is 0.263. The Bertz CT molecular complexity index is 856. The van der Waals surface area contributed by atoms with E-state index in [9.17, 15) is 4.79 Å². The maximum Gasteiger partial charge on any atom is 0.341 e. The van der Waals surface area contributed by atoms with Crippen LogP contribution in [0.25, 0.3) is 0 Å². The Hall–Kier alpha value is -2.44. The van der Waals surface area contributed by atoms with Crippen molar-refractivity contribution in [2.45, 2.75) is 19.5 Å². The summed E-state index contributed by atoms with van der Waals surface area (Å²) in [6, 6.07) is 10.3. The number of carbonyl (C=O) groups excluding carboxylic acids is 1. The highest BCUT2D eigenvalue weighted by Gasteiger charge is 2.13. The molecule has 0 amide bonds. The van der Waals surface area contributed by atoms with Gasteiger partial charge in [-0.25, -0.2) is 9.79 Å². The molecular weight excluding hydrogens is 389 g/mol. The van der Waals surface area contributed by atoms with Gasteiger partial charge in [0.25, 0.3) is 0 Å². The van der Waals surface area contributed by atoms with Crippen molar-refractivity contribution in [3.8, 4) is 5.75 Å². The van der Waals surface area contributed by atoms with Crippen LogP contribution in [0.3, 0.4) is 0 Å². The van der Waals surface area contributed by atoms with Crippen LogP contribution in [0, 0.1) is 0 Å². The number of hydrogen-bond acceptors (Lipinski definition) is 4. The lowest BCUT2D eigenvalue weighted by Crippen LogP contribution is -2.34. The summed E-state index contributed by atoms with van der Waals surface area (Å²) in [5.41, 5.74) is 8.02. The number of carbonyl (C=O) groups is 1. The maximum absolute atomic E-state index is 11.7. The Morgan fingerprint density at radius 1 is 1.22 bits per heavy atom. The summed E-state index contributed by atoms with van der Waals surface area (Å²) < 4.78 is 9.96. The number of hydrogen-bond donors (Lipinski definition) is 2. The first-order chi connectivity index (χ1) is 12.8. The van der Waals surface area contributed by atoms with Gasteiger partial charge in [-0.15, -0.1) is 0 Å². The average Bonchev–Trinajstić information content (AvgIpc) is 2.65. The lowest BCUT2D eigenvalue weighted by molar-refractivity contribution is 0.0597. The zero-order chi connectivity index (χ0) is 20.0. The number of benzene rings is 2. The summed E-state index contributed by atoms with van der Waals surface area (Å²) in [5.74, 6) is 0.226. The molecule has 0 spiro atoms. The summed E-state index contributed by atoms with van der Waals surface area (Å²) in [4.78, 5) is 16.0. The Morgan fingerprint density at radius 3 is 2.59 bits per heavy atom. The van der Waals surface area contributed by atoms with Crippen LogP contribution in [0.2, 0.25) is 10.0 Å². The molecule has 6 nitrogen and oxygen atoms in total. The molecule has 8 heteroatoms. The smallest absolute Gasteiger partial charge is 0.341 e. The Morgan fingerprint density at radius 2 is 1.96 bits per heavy atom. The van der Waals surface area contributed by atoms with E-state index >= 15 is 0 Å². The van der Waals surface area contributed by atoms with Crippen LogP contribution in [0.4, 0.5) is 0 Å². The van der Waals surface area contributed by atoms with E-state index in [2.05, 4.69) is 10.3 Å². The van der Waals surface area contributed by atoms with Gasteiger partial charge >= 0.3 is 5.97 Å². The van der Waals surface area contributed by atoms with Crippen LogP contribution >= 0.6 is 23.2 Å². The van der Waals surface area contributed by atoms with Gasteiger partial charge in [0.15, 0.2) is 5.96 Å². The van der Waals surface area contributed by atoms with Crippen molar-refractivity contribution in [1.82, 2.24) is 5.32 Å². The van der Waals surface area contributed by atoms with Gasteiger partial charge in [0.1, 0.15) is 11.3 Å². The lowest BCUT2D eigenvalue weighted by Gasteiger charge is -2.16. The Labute approximate surface area is 168 Å². The van der Waals surface area contributed by atoms with E-state index in [0.717, 1.165) is 11.1 Å². The highest BCUT2D eigenvalue weighted by Crippen LogP contribution is 2.26. The van der Waals surface area contributed by atoms with E-state index in [1.54, 1.807) is 30.3 Å². The number of nitrogens with one attached hydrogen (secondary N) is 1. The molecule has 0 saturated carbocycles. The molecule has 144 valence electrons. The van der Waals surface area contributed by atoms with Crippen molar-refractivity contribution >= 4 is 35.1 Å². The lowest BCUT2D eigenvalue weighted by atomic mass is 10.1. The number of halogens is 2. The molecule has 0 aromatic heterocycles. The predicted octanol–water partition coefficient (Wildman–Crippen LogP) is 3.95. The van der Waals surface area contributed by atoms with Gasteiger partial charge in [0.05, 0.1) is 26.8 Å². The van der Waals surface area contributed by atoms with Crippen molar-refractivity contribution in [3.63, 3.8) is 0 Å². The van der Waals surface area contributed by atoms with Gasteiger partial charge in [-0.3, -0.25) is 0 Å². The third-order valence-corrected chi connectivity index (χ3v) is 4.46. The molecule has 0 aliphatic rings. The molecule has 3 N–H and O–H groups in total. The number of esters is 1. The van der Waals surface area contributed by atoms with Crippen LogP contribution in [-0.2, 0) is 11.3 Å². The summed E-state index contributed by atoms with van der Waals surface area (Å²) in [6.07, 6.45) is 0. The van der Waals surface area contributed by atoms with Gasteiger partial charge < -0.3 is 20.5 Å². The minimum absolute atomic E-state index is 0.144. The quantitative estimate of drug-likeness (QED) is 0.428. The molecule has 0 radical (unpaired) electrons. The second-order valence-electron chi connectivity index (χ2n) is 5.76. The van der Waals surface area contributed by atoms with Crippen LogP contribution in [-0.4, -0.2) is 26.1 Å². The summed E-state index contributed by atoms with van der Waals surface area (Å²) in [6.45, 7) is 2.24. The van der Waals surface area contributed by atoms with E-state index < -0.39 is 5.97 Å². The first-order valence-electron chi connectivity index (χ1n) is 8.12. The summed E-state index contributed by atoms with van der Waals surface area (Å²) in [7, 11) is 2.81. The van der Waals surface area contributed by atoms with Gasteiger partial charge in [-0.05, 0) is 42.3 Å². The minimum atomic E-state index is -0.461. The second kappa shape index (κ2) is 9.48. The number of guanidine groups is 1. The molecule has 0 saturated heterocycles. The number of aliphatic imine (C=N–C) groups is 1. The average molecular weight is 410 g/mol. The van der Waals surface area contributed by atoms with Crippen LogP contribution < -0.4 is 15.8 Å². The van der Waals surface area contributed by atoms with Gasteiger partial charge in [-0.2, -0.15) is 0 Å². The fourth-order valence-electron chi connectivity index (χ4n) is 2.49. The van der Waals surface area contributed by atoms with E-state index in [1.165, 1.54) is 14.2 Å². The predicted molar refractivity (Wildman–Crippen MR) is 108 cm³/mol. The molecule has 2 aromatic carbocycles. The Balaban J connectivity index is 2.07. The first-order valence-corrected chi connectivity index (χ1v) is 8.88. The zero-order valence-electron chi connectivity index (χ0n) is 15.3. The van der Waals surface area contributed by atoms with E-state index in [4.69, 9.17) is 38.4 Å². The second-order valence-corrected chi connectivity index (χ2v) is 6.60. The molecule has 0 aliphatic heterocycles. The maximum atomic E-state index is 11.7. The van der Waals surface area contributed by atoms with Crippen molar-refractivity contribution < 1.29 is 14.3 Å². The fourth-order valence-corrected chi connectivity index (χ4v) is 3.06. The molecule has 0 fully saturated rings. The van der Waals surface area contributed by atoms with Crippen LogP contribution in [0.15, 0.2) is 41.4 Å². The first kappa shape index (κ1) is 20.9. The number of nitrogens with two attached hydrogens (primary N) is 1. The van der Waals surface area contributed by atoms with E-state index in [1.807, 2.05) is 13.0 Å². The molecule has 0 heterocycles. The normalized spacial score (nSPS) is 12.4. The topological polar surface area (TPSA) is 85.9 Å². The monoisotopic (exact) mass is 409 g/mol. The third-order valence-electron chi connectivity index (χ3n) is 3.90. The van der Waals surface area contributed by atoms with E-state index in [0.29, 0.717) is 27.9 Å². The number of methoxy groups -OCH3 is 2. The highest BCUT2D eigenvalue weighted by atomic mass is 35.5. The van der Waals surface area contributed by atoms with Crippen molar-refractivity contribution in [2.75, 3.05) is 14.2 Å². The number of rotatable bonds is 6. The van der Waals surface area contributed by atoms with Gasteiger partial charge in [-0.1, -0.05) is 35.3 Å². The van der Waals surface area contributed by atoms with E-state index in [-0.39, 0.29) is 12.0 Å². The molecule has 0 bridgehead atoms. The SMILES string of the molecule is COC(=O)c1ccc(CN=C(N)NC(C)c2ccc(Cl)cc2Cl)cc1OC. The molecule has 2 rings (SSSR count). The molecule has 27 heavy (non-hydrogen) atoms. The zero-order valence-corrected chi connectivity index (χ0v) is 16.8. The highest BCUT2D eigenvalue weighted by molar-refractivity contribution is 6.35. The molecule has 2 aromatic rings. The molecular formula is C19H21Cl2N3O3. The minimum Gasteiger partial charge on any atom is -0.496 e. The summed E-state index contributed by atoms with van der Waals surface area (Å²) in [5, 5.41) is 4.21. The van der Waals surface area contributed by atoms with Crippen LogP contribution in [0.5, 0.6) is 5.75 Å². The molecule has 1 atom stereocenters. The largest absolute Gasteiger partial charge is 0.496 e. The van der Waals surface area contributed by atoms with Crippen LogP contribution in [0.1, 0.15) is 34.5 Å². The third kappa shape index (κ3) is 5.52. The Kier molecular flexibility index (Phi) is 7.33. The van der Waals surface area contributed by atoms with Gasteiger partial charge in [0.2, 0.25) is 0 Å². The molecule has 1 unspecified atom stereocenters. The number of ether oxygens (including phenoxy) is 2. The van der Waals surface area contributed by atoms with Gasteiger partial charge in [0, 0.05) is 10.0 Å². The molecule has 0 aliphatic carbocycles.